The average Bonchev–Trinajstić information content (AvgIpc) is 2.77. The summed E-state index contributed by atoms with van der Waals surface area (Å²) in [5.41, 5.74) is 2.03. The van der Waals surface area contributed by atoms with Crippen LogP contribution in [0.5, 0.6) is 0 Å². The van der Waals surface area contributed by atoms with Gasteiger partial charge >= 0.3 is 0 Å². The van der Waals surface area contributed by atoms with Crippen molar-refractivity contribution in [2.75, 3.05) is 13.1 Å². The second-order valence-corrected chi connectivity index (χ2v) is 8.62. The maximum atomic E-state index is 13.2. The van der Waals surface area contributed by atoms with Gasteiger partial charge in [0, 0.05) is 30.3 Å². The topological polar surface area (TPSA) is 78.5 Å². The Balaban J connectivity index is 1.68. The fourth-order valence-electron chi connectivity index (χ4n) is 3.91. The molecule has 3 rings (SSSR count). The summed E-state index contributed by atoms with van der Waals surface area (Å²) in [6, 6.07) is 11.9. The summed E-state index contributed by atoms with van der Waals surface area (Å²) in [6.45, 7) is 6.71. The number of nitrogens with zero attached hydrogens (tertiary/aromatic N) is 1. The molecule has 2 N–H and O–H groups in total. The van der Waals surface area contributed by atoms with Gasteiger partial charge in [-0.1, -0.05) is 17.7 Å². The molecule has 1 unspecified atom stereocenters. The Morgan fingerprint density at radius 1 is 0.906 bits per heavy atom. The lowest BCUT2D eigenvalue weighted by Gasteiger charge is -2.36. The molecule has 1 fully saturated rings. The Hall–Kier alpha value is -3.22. The minimum absolute atomic E-state index is 0.0259. The van der Waals surface area contributed by atoms with Crippen molar-refractivity contribution >= 4 is 17.7 Å². The standard InChI is InChI=1S/C25H30FN3O3/c1-16(2)27-24(31)22(28-23(30)19-8-10-21(26)11-9-19)18-12-14-29(15-13-18)25(32)20-6-4-17(3)5-7-20/h4-11,16,18,22H,12-15H2,1-3H3,(H,27,31)(H,28,30). The van der Waals surface area contributed by atoms with Crippen molar-refractivity contribution < 1.29 is 18.8 Å². The van der Waals surface area contributed by atoms with Gasteiger partial charge in [0.25, 0.3) is 11.8 Å². The zero-order valence-electron chi connectivity index (χ0n) is 18.7. The third kappa shape index (κ3) is 5.93. The molecule has 0 aliphatic carbocycles. The number of piperidine rings is 1. The lowest BCUT2D eigenvalue weighted by molar-refractivity contribution is -0.125. The van der Waals surface area contributed by atoms with Crippen molar-refractivity contribution in [3.8, 4) is 0 Å². The number of benzene rings is 2. The zero-order chi connectivity index (χ0) is 23.3. The van der Waals surface area contributed by atoms with Gasteiger partial charge in [0.1, 0.15) is 11.9 Å². The Bertz CT molecular complexity index is 949. The van der Waals surface area contributed by atoms with Gasteiger partial charge in [-0.25, -0.2) is 4.39 Å². The van der Waals surface area contributed by atoms with E-state index in [1.807, 2.05) is 45.0 Å². The van der Waals surface area contributed by atoms with E-state index in [4.69, 9.17) is 0 Å². The summed E-state index contributed by atoms with van der Waals surface area (Å²) in [7, 11) is 0. The summed E-state index contributed by atoms with van der Waals surface area (Å²) in [5.74, 6) is -1.24. The Kier molecular flexibility index (Phi) is 7.62. The molecule has 0 aromatic heterocycles. The van der Waals surface area contributed by atoms with Crippen LogP contribution in [0.3, 0.4) is 0 Å². The predicted molar refractivity (Wildman–Crippen MR) is 121 cm³/mol. The Labute approximate surface area is 188 Å². The molecule has 0 bridgehead atoms. The number of hydrogen-bond acceptors (Lipinski definition) is 3. The number of amides is 3. The van der Waals surface area contributed by atoms with E-state index in [1.165, 1.54) is 24.3 Å². The predicted octanol–water partition coefficient (Wildman–Crippen LogP) is 3.31. The van der Waals surface area contributed by atoms with Gasteiger partial charge in [0.2, 0.25) is 5.91 Å². The number of hydrogen-bond donors (Lipinski definition) is 2. The second kappa shape index (κ2) is 10.4. The molecule has 1 atom stereocenters. The van der Waals surface area contributed by atoms with Crippen molar-refractivity contribution in [1.29, 1.82) is 0 Å². The van der Waals surface area contributed by atoms with Crippen LogP contribution >= 0.6 is 0 Å². The van der Waals surface area contributed by atoms with Crippen LogP contribution in [0, 0.1) is 18.7 Å². The van der Waals surface area contributed by atoms with E-state index in [9.17, 15) is 18.8 Å². The molecule has 1 aliphatic heterocycles. The average molecular weight is 440 g/mol. The van der Waals surface area contributed by atoms with Crippen LogP contribution in [-0.4, -0.2) is 47.8 Å². The molecular formula is C25H30FN3O3. The molecule has 0 radical (unpaired) electrons. The van der Waals surface area contributed by atoms with E-state index in [2.05, 4.69) is 10.6 Å². The lowest BCUT2D eigenvalue weighted by atomic mass is 9.88. The molecule has 1 heterocycles. The highest BCUT2D eigenvalue weighted by Crippen LogP contribution is 2.23. The minimum Gasteiger partial charge on any atom is -0.352 e. The molecule has 6 nitrogen and oxygen atoms in total. The van der Waals surface area contributed by atoms with Crippen LogP contribution in [0.15, 0.2) is 48.5 Å². The van der Waals surface area contributed by atoms with E-state index >= 15 is 0 Å². The zero-order valence-corrected chi connectivity index (χ0v) is 18.7. The van der Waals surface area contributed by atoms with E-state index in [0.717, 1.165) is 5.56 Å². The first-order chi connectivity index (χ1) is 15.2. The van der Waals surface area contributed by atoms with Gasteiger partial charge in [0.05, 0.1) is 0 Å². The van der Waals surface area contributed by atoms with Crippen LogP contribution in [-0.2, 0) is 4.79 Å². The van der Waals surface area contributed by atoms with E-state index in [-0.39, 0.29) is 23.8 Å². The molecule has 170 valence electrons. The molecule has 2 aromatic carbocycles. The highest BCUT2D eigenvalue weighted by Gasteiger charge is 2.34. The van der Waals surface area contributed by atoms with Gasteiger partial charge < -0.3 is 15.5 Å². The second-order valence-electron chi connectivity index (χ2n) is 8.62. The summed E-state index contributed by atoms with van der Waals surface area (Å²) in [6.07, 6.45) is 1.19. The van der Waals surface area contributed by atoms with Crippen molar-refractivity contribution in [2.24, 2.45) is 5.92 Å². The first-order valence-electron chi connectivity index (χ1n) is 11.0. The number of aryl methyl sites for hydroxylation is 1. The van der Waals surface area contributed by atoms with Crippen LogP contribution in [0.4, 0.5) is 4.39 Å². The van der Waals surface area contributed by atoms with Crippen LogP contribution in [0.2, 0.25) is 0 Å². The summed E-state index contributed by atoms with van der Waals surface area (Å²) in [5, 5.41) is 5.71. The summed E-state index contributed by atoms with van der Waals surface area (Å²) < 4.78 is 13.2. The maximum Gasteiger partial charge on any atom is 0.253 e. The highest BCUT2D eigenvalue weighted by molar-refractivity contribution is 5.97. The monoisotopic (exact) mass is 439 g/mol. The molecule has 3 amide bonds. The quantitative estimate of drug-likeness (QED) is 0.725. The molecule has 1 aliphatic rings. The number of carbonyl (C=O) groups is 3. The summed E-state index contributed by atoms with van der Waals surface area (Å²) >= 11 is 0. The number of halogens is 1. The van der Waals surface area contributed by atoms with Crippen molar-refractivity contribution in [3.05, 3.63) is 71.0 Å². The smallest absolute Gasteiger partial charge is 0.253 e. The number of nitrogens with one attached hydrogen (secondary N) is 2. The third-order valence-electron chi connectivity index (χ3n) is 5.70. The Morgan fingerprint density at radius 3 is 2.03 bits per heavy atom. The van der Waals surface area contributed by atoms with Gasteiger partial charge in [0.15, 0.2) is 0 Å². The normalized spacial score (nSPS) is 15.3. The van der Waals surface area contributed by atoms with Crippen molar-refractivity contribution in [1.82, 2.24) is 15.5 Å². The van der Waals surface area contributed by atoms with Crippen molar-refractivity contribution in [3.63, 3.8) is 0 Å². The maximum absolute atomic E-state index is 13.2. The fraction of sp³-hybridized carbons (Fsp3) is 0.400. The van der Waals surface area contributed by atoms with Crippen LogP contribution < -0.4 is 10.6 Å². The molecular weight excluding hydrogens is 409 g/mol. The third-order valence-corrected chi connectivity index (χ3v) is 5.70. The van der Waals surface area contributed by atoms with E-state index < -0.39 is 17.8 Å². The van der Waals surface area contributed by atoms with Crippen LogP contribution in [0.25, 0.3) is 0 Å². The first-order valence-corrected chi connectivity index (χ1v) is 11.0. The van der Waals surface area contributed by atoms with Gasteiger partial charge in [-0.2, -0.15) is 0 Å². The SMILES string of the molecule is Cc1ccc(C(=O)N2CCC(C(NC(=O)c3ccc(F)cc3)C(=O)NC(C)C)CC2)cc1. The first kappa shape index (κ1) is 23.4. The number of rotatable bonds is 6. The van der Waals surface area contributed by atoms with Crippen LogP contribution in [0.1, 0.15) is 53.0 Å². The summed E-state index contributed by atoms with van der Waals surface area (Å²) in [4.78, 5) is 40.2. The lowest BCUT2D eigenvalue weighted by Crippen LogP contribution is -2.54. The molecule has 1 saturated heterocycles. The van der Waals surface area contributed by atoms with E-state index in [1.54, 1.807) is 4.90 Å². The molecule has 7 heteroatoms. The molecule has 0 saturated carbocycles. The van der Waals surface area contributed by atoms with Gasteiger partial charge in [-0.3, -0.25) is 14.4 Å². The minimum atomic E-state index is -0.730. The van der Waals surface area contributed by atoms with Gasteiger partial charge in [-0.15, -0.1) is 0 Å². The highest BCUT2D eigenvalue weighted by atomic mass is 19.1. The fourth-order valence-corrected chi connectivity index (χ4v) is 3.91. The van der Waals surface area contributed by atoms with E-state index in [0.29, 0.717) is 37.1 Å². The van der Waals surface area contributed by atoms with Crippen molar-refractivity contribution in [2.45, 2.75) is 45.7 Å². The number of carbonyl (C=O) groups excluding carboxylic acids is 3. The molecule has 2 aromatic rings. The molecule has 0 spiro atoms. The Morgan fingerprint density at radius 2 is 1.47 bits per heavy atom. The largest absolute Gasteiger partial charge is 0.352 e. The molecule has 32 heavy (non-hydrogen) atoms. The van der Waals surface area contributed by atoms with Gasteiger partial charge in [-0.05, 0) is 75.9 Å². The number of likely N-dealkylation sites (tertiary alicyclic amines) is 1.